The molecule has 6 nitrogen and oxygen atoms in total. The Labute approximate surface area is 168 Å². The predicted octanol–water partition coefficient (Wildman–Crippen LogP) is 3.68. The second-order valence-electron chi connectivity index (χ2n) is 7.08. The van der Waals surface area contributed by atoms with Crippen LogP contribution in [0.4, 0.5) is 4.39 Å². The number of nitrogens with zero attached hydrogens (tertiary/aromatic N) is 4. The van der Waals surface area contributed by atoms with Gasteiger partial charge in [0.1, 0.15) is 29.5 Å². The van der Waals surface area contributed by atoms with Gasteiger partial charge in [-0.1, -0.05) is 24.3 Å². The van der Waals surface area contributed by atoms with E-state index in [9.17, 15) is 9.18 Å². The Morgan fingerprint density at radius 2 is 1.86 bits per heavy atom. The normalized spacial score (nSPS) is 13.4. The molecule has 0 aliphatic carbocycles. The molecule has 0 saturated heterocycles. The number of carbonyl (C=O) groups is 1. The lowest BCUT2D eigenvalue weighted by molar-refractivity contribution is -0.124. The zero-order valence-corrected chi connectivity index (χ0v) is 16.5. The fourth-order valence-electron chi connectivity index (χ4n) is 3.64. The maximum atomic E-state index is 13.4. The van der Waals surface area contributed by atoms with Crippen LogP contribution >= 0.6 is 0 Å². The topological polar surface area (TPSA) is 64.7 Å². The number of hydrogen-bond acceptors (Lipinski definition) is 3. The summed E-state index contributed by atoms with van der Waals surface area (Å²) < 4.78 is 17.2. The fourth-order valence-corrected chi connectivity index (χ4v) is 3.64. The van der Waals surface area contributed by atoms with Crippen LogP contribution in [0.5, 0.6) is 0 Å². The number of carbonyl (C=O) groups excluding carboxylic acids is 1. The van der Waals surface area contributed by atoms with Crippen molar-refractivity contribution in [2.45, 2.75) is 25.9 Å². The first-order chi connectivity index (χ1) is 14.0. The van der Waals surface area contributed by atoms with Gasteiger partial charge in [-0.3, -0.25) is 4.79 Å². The van der Waals surface area contributed by atoms with E-state index in [1.807, 2.05) is 60.5 Å². The van der Waals surface area contributed by atoms with Gasteiger partial charge >= 0.3 is 0 Å². The van der Waals surface area contributed by atoms with Crippen LogP contribution in [0.15, 0.2) is 60.9 Å². The van der Waals surface area contributed by atoms with E-state index in [1.54, 1.807) is 18.3 Å². The molecule has 29 heavy (non-hydrogen) atoms. The fraction of sp³-hybridized carbons (Fsp3) is 0.227. The van der Waals surface area contributed by atoms with Crippen LogP contribution in [0.25, 0.3) is 11.0 Å². The Balaban J connectivity index is 1.68. The monoisotopic (exact) mass is 391 g/mol. The highest BCUT2D eigenvalue weighted by Crippen LogP contribution is 2.24. The van der Waals surface area contributed by atoms with Crippen molar-refractivity contribution in [2.75, 3.05) is 0 Å². The summed E-state index contributed by atoms with van der Waals surface area (Å²) in [6, 6.07) is 12.9. The second kappa shape index (κ2) is 7.50. The summed E-state index contributed by atoms with van der Waals surface area (Å²) >= 11 is 0. The van der Waals surface area contributed by atoms with Crippen LogP contribution in [0.1, 0.15) is 36.2 Å². The molecular weight excluding hydrogens is 369 g/mol. The summed E-state index contributed by atoms with van der Waals surface area (Å²) in [6.45, 7) is 3.73. The third-order valence-electron chi connectivity index (χ3n) is 5.15. The molecule has 4 aromatic rings. The van der Waals surface area contributed by atoms with Crippen LogP contribution in [0.3, 0.4) is 0 Å². The lowest BCUT2D eigenvalue weighted by Crippen LogP contribution is -2.36. The van der Waals surface area contributed by atoms with Crippen molar-refractivity contribution in [3.8, 4) is 0 Å². The quantitative estimate of drug-likeness (QED) is 0.564. The Kier molecular flexibility index (Phi) is 4.88. The van der Waals surface area contributed by atoms with Crippen molar-refractivity contribution in [1.82, 2.24) is 24.4 Å². The number of nitrogens with one attached hydrogen (secondary N) is 1. The average Bonchev–Trinajstić information content (AvgIpc) is 3.28. The first-order valence-electron chi connectivity index (χ1n) is 9.42. The molecule has 0 aliphatic heterocycles. The van der Waals surface area contributed by atoms with Gasteiger partial charge in [0.2, 0.25) is 5.91 Å². The van der Waals surface area contributed by atoms with Gasteiger partial charge in [-0.15, -0.1) is 0 Å². The summed E-state index contributed by atoms with van der Waals surface area (Å²) in [5.74, 6) is 0.940. The molecule has 0 unspecified atom stereocenters. The molecule has 2 heterocycles. The molecule has 0 radical (unpaired) electrons. The summed E-state index contributed by atoms with van der Waals surface area (Å²) in [5.41, 5.74) is 2.51. The third kappa shape index (κ3) is 3.51. The van der Waals surface area contributed by atoms with E-state index in [-0.39, 0.29) is 11.7 Å². The van der Waals surface area contributed by atoms with Crippen LogP contribution < -0.4 is 5.32 Å². The van der Waals surface area contributed by atoms with E-state index in [1.165, 1.54) is 12.1 Å². The molecule has 0 bridgehead atoms. The maximum absolute atomic E-state index is 13.4. The third-order valence-corrected chi connectivity index (χ3v) is 5.15. The van der Waals surface area contributed by atoms with E-state index in [4.69, 9.17) is 0 Å². The van der Waals surface area contributed by atoms with Crippen LogP contribution in [0, 0.1) is 12.7 Å². The highest BCUT2D eigenvalue weighted by Gasteiger charge is 2.26. The minimum atomic E-state index is -0.499. The highest BCUT2D eigenvalue weighted by atomic mass is 19.1. The standard InChI is InChI=1S/C22H22FN5O/c1-14(28-15(2)25-18-6-4-5-7-19(18)28)22(29)26-20(21-24-12-13-27(21)3)16-8-10-17(23)11-9-16/h4-14,20H,1-3H3,(H,26,29)/t14-,20-/m1/s1. The number of rotatable bonds is 5. The molecule has 1 amide bonds. The summed E-state index contributed by atoms with van der Waals surface area (Å²) in [7, 11) is 1.86. The first kappa shape index (κ1) is 18.9. The number of halogens is 1. The number of amides is 1. The number of hydrogen-bond donors (Lipinski definition) is 1. The Bertz CT molecular complexity index is 1160. The predicted molar refractivity (Wildman–Crippen MR) is 109 cm³/mol. The molecule has 2 aromatic heterocycles. The van der Waals surface area contributed by atoms with Gasteiger partial charge in [-0.2, -0.15) is 0 Å². The van der Waals surface area contributed by atoms with E-state index in [0.29, 0.717) is 5.82 Å². The maximum Gasteiger partial charge on any atom is 0.243 e. The number of para-hydroxylation sites is 2. The Morgan fingerprint density at radius 3 is 2.55 bits per heavy atom. The van der Waals surface area contributed by atoms with Crippen LogP contribution in [0.2, 0.25) is 0 Å². The molecule has 0 spiro atoms. The molecular formula is C22H22FN5O. The number of benzene rings is 2. The molecule has 148 valence electrons. The number of imidazole rings is 2. The first-order valence-corrected chi connectivity index (χ1v) is 9.42. The second-order valence-corrected chi connectivity index (χ2v) is 7.08. The van der Waals surface area contributed by atoms with Crippen molar-refractivity contribution in [2.24, 2.45) is 7.05 Å². The number of aromatic nitrogens is 4. The number of fused-ring (bicyclic) bond motifs is 1. The van der Waals surface area contributed by atoms with Gasteiger partial charge in [-0.05, 0) is 43.7 Å². The molecule has 0 aliphatic rings. The highest BCUT2D eigenvalue weighted by molar-refractivity contribution is 5.84. The molecule has 4 rings (SSSR count). The number of aryl methyl sites for hydroxylation is 2. The largest absolute Gasteiger partial charge is 0.340 e. The van der Waals surface area contributed by atoms with Gasteiger partial charge in [0.05, 0.1) is 11.0 Å². The SMILES string of the molecule is Cc1nc2ccccc2n1[C@H](C)C(=O)N[C@H](c1ccc(F)cc1)c1nccn1C. The summed E-state index contributed by atoms with van der Waals surface area (Å²) in [4.78, 5) is 22.2. The van der Waals surface area contributed by atoms with E-state index in [2.05, 4.69) is 15.3 Å². The van der Waals surface area contributed by atoms with Gasteiger partial charge in [0.25, 0.3) is 0 Å². The lowest BCUT2D eigenvalue weighted by Gasteiger charge is -2.23. The van der Waals surface area contributed by atoms with Gasteiger partial charge in [0.15, 0.2) is 0 Å². The molecule has 0 saturated carbocycles. The van der Waals surface area contributed by atoms with Crippen LogP contribution in [-0.2, 0) is 11.8 Å². The molecule has 1 N–H and O–H groups in total. The van der Waals surface area contributed by atoms with Crippen molar-refractivity contribution >= 4 is 16.9 Å². The minimum absolute atomic E-state index is 0.173. The van der Waals surface area contributed by atoms with Crippen molar-refractivity contribution < 1.29 is 9.18 Å². The molecule has 2 aromatic carbocycles. The Hall–Kier alpha value is -3.48. The zero-order chi connectivity index (χ0) is 20.5. The van der Waals surface area contributed by atoms with Crippen LogP contribution in [-0.4, -0.2) is 25.0 Å². The van der Waals surface area contributed by atoms with Crippen molar-refractivity contribution in [3.63, 3.8) is 0 Å². The van der Waals surface area contributed by atoms with Gasteiger partial charge < -0.3 is 14.5 Å². The van der Waals surface area contributed by atoms with E-state index < -0.39 is 12.1 Å². The van der Waals surface area contributed by atoms with E-state index >= 15 is 0 Å². The smallest absolute Gasteiger partial charge is 0.243 e. The van der Waals surface area contributed by atoms with E-state index in [0.717, 1.165) is 22.4 Å². The van der Waals surface area contributed by atoms with Gasteiger partial charge in [-0.25, -0.2) is 14.4 Å². The lowest BCUT2D eigenvalue weighted by atomic mass is 10.1. The zero-order valence-electron chi connectivity index (χ0n) is 16.5. The Morgan fingerprint density at radius 1 is 1.14 bits per heavy atom. The molecule has 7 heteroatoms. The van der Waals surface area contributed by atoms with Gasteiger partial charge in [0, 0.05) is 19.4 Å². The summed E-state index contributed by atoms with van der Waals surface area (Å²) in [6.07, 6.45) is 3.49. The summed E-state index contributed by atoms with van der Waals surface area (Å²) in [5, 5.41) is 3.08. The van der Waals surface area contributed by atoms with Crippen molar-refractivity contribution in [1.29, 1.82) is 0 Å². The van der Waals surface area contributed by atoms with Crippen molar-refractivity contribution in [3.05, 3.63) is 84.0 Å². The average molecular weight is 391 g/mol. The molecule has 2 atom stereocenters. The molecule has 0 fully saturated rings. The minimum Gasteiger partial charge on any atom is -0.340 e.